The molecule has 0 radical (unpaired) electrons. The summed E-state index contributed by atoms with van der Waals surface area (Å²) in [5, 5.41) is 3.83. The van der Waals surface area contributed by atoms with E-state index in [1.165, 1.54) is 43.6 Å². The highest BCUT2D eigenvalue weighted by Gasteiger charge is 2.28. The molecular formula is C21H30N4O. The van der Waals surface area contributed by atoms with Crippen molar-refractivity contribution in [3.63, 3.8) is 0 Å². The fourth-order valence-corrected chi connectivity index (χ4v) is 4.27. The summed E-state index contributed by atoms with van der Waals surface area (Å²) in [6.45, 7) is 8.55. The van der Waals surface area contributed by atoms with Crippen molar-refractivity contribution in [3.05, 3.63) is 48.0 Å². The molecule has 0 saturated carbocycles. The standard InChI is InChI=1S/C21H30N4O/c1-16(18-3-5-20(6-4-18)25-13-10-22-17(25)2)23-19-7-11-24(12-8-19)21-9-14-26-15-21/h3-6,10,13,16,19,21,23H,7-9,11-12,14-15H2,1-2H3. The summed E-state index contributed by atoms with van der Waals surface area (Å²) in [6, 6.07) is 10.5. The number of imidazole rings is 1. The van der Waals surface area contributed by atoms with Crippen LogP contribution in [0.15, 0.2) is 36.7 Å². The highest BCUT2D eigenvalue weighted by Crippen LogP contribution is 2.22. The van der Waals surface area contributed by atoms with Gasteiger partial charge in [-0.2, -0.15) is 0 Å². The smallest absolute Gasteiger partial charge is 0.110 e. The zero-order chi connectivity index (χ0) is 17.9. The number of ether oxygens (including phenoxy) is 1. The molecule has 4 rings (SSSR count). The van der Waals surface area contributed by atoms with E-state index in [2.05, 4.69) is 51.0 Å². The van der Waals surface area contributed by atoms with Gasteiger partial charge in [0.15, 0.2) is 0 Å². The molecule has 2 aromatic rings. The van der Waals surface area contributed by atoms with Gasteiger partial charge in [0, 0.05) is 55.9 Å². The largest absolute Gasteiger partial charge is 0.380 e. The number of nitrogens with one attached hydrogen (secondary N) is 1. The van der Waals surface area contributed by atoms with Gasteiger partial charge < -0.3 is 14.6 Å². The van der Waals surface area contributed by atoms with Gasteiger partial charge in [-0.25, -0.2) is 4.98 Å². The lowest BCUT2D eigenvalue weighted by molar-refractivity contribution is 0.115. The molecule has 0 aliphatic carbocycles. The van der Waals surface area contributed by atoms with Crippen molar-refractivity contribution in [1.82, 2.24) is 19.8 Å². The molecule has 0 bridgehead atoms. The Hall–Kier alpha value is -1.69. The molecule has 2 atom stereocenters. The number of rotatable bonds is 5. The Labute approximate surface area is 156 Å². The summed E-state index contributed by atoms with van der Waals surface area (Å²) >= 11 is 0. The molecule has 5 heteroatoms. The van der Waals surface area contributed by atoms with Crippen LogP contribution < -0.4 is 5.32 Å². The molecule has 3 heterocycles. The minimum Gasteiger partial charge on any atom is -0.380 e. The molecule has 26 heavy (non-hydrogen) atoms. The molecule has 2 saturated heterocycles. The van der Waals surface area contributed by atoms with Crippen LogP contribution in [0.4, 0.5) is 0 Å². The quantitative estimate of drug-likeness (QED) is 0.896. The van der Waals surface area contributed by atoms with Gasteiger partial charge >= 0.3 is 0 Å². The van der Waals surface area contributed by atoms with Crippen LogP contribution in [-0.2, 0) is 4.74 Å². The molecule has 140 valence electrons. The van der Waals surface area contributed by atoms with E-state index in [0.717, 1.165) is 19.0 Å². The average molecular weight is 354 g/mol. The van der Waals surface area contributed by atoms with Crippen LogP contribution in [0.2, 0.25) is 0 Å². The summed E-state index contributed by atoms with van der Waals surface area (Å²) < 4.78 is 7.66. The fourth-order valence-electron chi connectivity index (χ4n) is 4.27. The third-order valence-electron chi connectivity index (χ3n) is 5.93. The fraction of sp³-hybridized carbons (Fsp3) is 0.571. The maximum atomic E-state index is 5.54. The first-order valence-corrected chi connectivity index (χ1v) is 9.89. The molecule has 1 aromatic heterocycles. The molecule has 2 unspecified atom stereocenters. The van der Waals surface area contributed by atoms with Gasteiger partial charge in [0.05, 0.1) is 6.61 Å². The lowest BCUT2D eigenvalue weighted by atomic mass is 10.00. The first-order valence-electron chi connectivity index (χ1n) is 9.89. The molecule has 2 aliphatic heterocycles. The van der Waals surface area contributed by atoms with Crippen LogP contribution in [-0.4, -0.2) is 52.8 Å². The minimum absolute atomic E-state index is 0.374. The maximum Gasteiger partial charge on any atom is 0.110 e. The van der Waals surface area contributed by atoms with Crippen molar-refractivity contribution in [2.75, 3.05) is 26.3 Å². The summed E-state index contributed by atoms with van der Waals surface area (Å²) in [5.41, 5.74) is 2.51. The van der Waals surface area contributed by atoms with E-state index in [-0.39, 0.29) is 0 Å². The van der Waals surface area contributed by atoms with Crippen LogP contribution in [0.5, 0.6) is 0 Å². The van der Waals surface area contributed by atoms with Crippen LogP contribution in [0.25, 0.3) is 5.69 Å². The summed E-state index contributed by atoms with van der Waals surface area (Å²) in [5.74, 6) is 1.02. The van der Waals surface area contributed by atoms with E-state index < -0.39 is 0 Å². The van der Waals surface area contributed by atoms with E-state index in [4.69, 9.17) is 4.74 Å². The van der Waals surface area contributed by atoms with Gasteiger partial charge in [0.25, 0.3) is 0 Å². The van der Waals surface area contributed by atoms with E-state index in [1.807, 2.05) is 19.3 Å². The van der Waals surface area contributed by atoms with E-state index >= 15 is 0 Å². The monoisotopic (exact) mass is 354 g/mol. The SMILES string of the molecule is Cc1nccn1-c1ccc(C(C)NC2CCN(C3CCOC3)CC2)cc1. The Morgan fingerprint density at radius 3 is 2.54 bits per heavy atom. The maximum absolute atomic E-state index is 5.54. The Morgan fingerprint density at radius 2 is 1.92 bits per heavy atom. The van der Waals surface area contributed by atoms with Crippen LogP contribution in [0.1, 0.15) is 43.6 Å². The van der Waals surface area contributed by atoms with Gasteiger partial charge in [-0.3, -0.25) is 4.90 Å². The van der Waals surface area contributed by atoms with Gasteiger partial charge in [0.1, 0.15) is 5.82 Å². The molecule has 0 spiro atoms. The highest BCUT2D eigenvalue weighted by molar-refractivity contribution is 5.36. The van der Waals surface area contributed by atoms with Crippen molar-refractivity contribution in [3.8, 4) is 5.69 Å². The van der Waals surface area contributed by atoms with Crippen molar-refractivity contribution < 1.29 is 4.74 Å². The molecule has 1 aromatic carbocycles. The zero-order valence-electron chi connectivity index (χ0n) is 15.9. The Kier molecular flexibility index (Phi) is 5.38. The molecule has 2 aliphatic rings. The Bertz CT molecular complexity index is 697. The van der Waals surface area contributed by atoms with E-state index in [9.17, 15) is 0 Å². The number of piperidine rings is 1. The van der Waals surface area contributed by atoms with Crippen LogP contribution >= 0.6 is 0 Å². The van der Waals surface area contributed by atoms with E-state index in [1.54, 1.807) is 0 Å². The van der Waals surface area contributed by atoms with Gasteiger partial charge in [0.2, 0.25) is 0 Å². The topological polar surface area (TPSA) is 42.3 Å². The highest BCUT2D eigenvalue weighted by atomic mass is 16.5. The second-order valence-electron chi connectivity index (χ2n) is 7.65. The molecule has 0 amide bonds. The molecule has 2 fully saturated rings. The third-order valence-corrected chi connectivity index (χ3v) is 5.93. The molecular weight excluding hydrogens is 324 g/mol. The predicted molar refractivity (Wildman–Crippen MR) is 104 cm³/mol. The summed E-state index contributed by atoms with van der Waals surface area (Å²) in [4.78, 5) is 6.92. The predicted octanol–water partition coefficient (Wildman–Crippen LogP) is 3.08. The average Bonchev–Trinajstić information content (AvgIpc) is 3.34. The normalized spacial score (nSPS) is 23.4. The van der Waals surface area contributed by atoms with Crippen molar-refractivity contribution >= 4 is 0 Å². The summed E-state index contributed by atoms with van der Waals surface area (Å²) in [7, 11) is 0. The number of aromatic nitrogens is 2. The van der Waals surface area contributed by atoms with E-state index in [0.29, 0.717) is 18.1 Å². The molecule has 5 nitrogen and oxygen atoms in total. The Balaban J connectivity index is 1.31. The van der Waals surface area contributed by atoms with Gasteiger partial charge in [-0.05, 0) is 50.8 Å². The Morgan fingerprint density at radius 1 is 1.15 bits per heavy atom. The first-order chi connectivity index (χ1) is 12.7. The van der Waals surface area contributed by atoms with Crippen LogP contribution in [0, 0.1) is 6.92 Å². The zero-order valence-corrected chi connectivity index (χ0v) is 15.9. The number of aryl methyl sites for hydroxylation is 1. The van der Waals surface area contributed by atoms with Crippen LogP contribution in [0.3, 0.4) is 0 Å². The van der Waals surface area contributed by atoms with Gasteiger partial charge in [-0.15, -0.1) is 0 Å². The first kappa shape index (κ1) is 17.7. The number of nitrogens with zero attached hydrogens (tertiary/aromatic N) is 3. The van der Waals surface area contributed by atoms with Crippen molar-refractivity contribution in [2.45, 2.75) is 51.2 Å². The number of hydrogen-bond acceptors (Lipinski definition) is 4. The lowest BCUT2D eigenvalue weighted by Gasteiger charge is -2.36. The van der Waals surface area contributed by atoms with Crippen molar-refractivity contribution in [1.29, 1.82) is 0 Å². The number of benzene rings is 1. The molecule has 1 N–H and O–H groups in total. The van der Waals surface area contributed by atoms with Gasteiger partial charge in [-0.1, -0.05) is 12.1 Å². The third kappa shape index (κ3) is 3.85. The number of hydrogen-bond donors (Lipinski definition) is 1. The van der Waals surface area contributed by atoms with Crippen molar-refractivity contribution in [2.24, 2.45) is 0 Å². The second kappa shape index (κ2) is 7.91. The minimum atomic E-state index is 0.374. The lowest BCUT2D eigenvalue weighted by Crippen LogP contribution is -2.47. The number of likely N-dealkylation sites (tertiary alicyclic amines) is 1. The second-order valence-corrected chi connectivity index (χ2v) is 7.65. The summed E-state index contributed by atoms with van der Waals surface area (Å²) in [6.07, 6.45) is 7.52.